The molecule has 0 spiro atoms. The minimum atomic E-state index is -1.89. The van der Waals surface area contributed by atoms with Gasteiger partial charge in [0.1, 0.15) is 6.10 Å². The Bertz CT molecular complexity index is 436. The number of carbonyl (C=O) groups is 1. The summed E-state index contributed by atoms with van der Waals surface area (Å²) in [5.41, 5.74) is 0. The van der Waals surface area contributed by atoms with Gasteiger partial charge in [0.05, 0.1) is 12.7 Å². The number of ether oxygens (including phenoxy) is 1. The van der Waals surface area contributed by atoms with Crippen LogP contribution in [0.4, 0.5) is 0 Å². The summed E-state index contributed by atoms with van der Waals surface area (Å²) in [5.74, 6) is -0.255. The largest absolute Gasteiger partial charge is 0.458 e. The maximum atomic E-state index is 12.6. The fourth-order valence-corrected chi connectivity index (χ4v) is 5.35. The summed E-state index contributed by atoms with van der Waals surface area (Å²) < 4.78 is 24.2. The maximum Gasteiger partial charge on any atom is 0.337 e. The lowest BCUT2D eigenvalue weighted by molar-refractivity contribution is -0.187. The van der Waals surface area contributed by atoms with E-state index in [-0.39, 0.29) is 24.1 Å². The fourth-order valence-electron chi connectivity index (χ4n) is 2.54. The Labute approximate surface area is 150 Å². The van der Waals surface area contributed by atoms with Gasteiger partial charge in [-0.05, 0) is 58.9 Å². The molecule has 1 aliphatic heterocycles. The third-order valence-electron chi connectivity index (χ3n) is 3.55. The maximum absolute atomic E-state index is 12.6. The Morgan fingerprint density at radius 1 is 0.875 bits per heavy atom. The molecule has 1 heterocycles. The first kappa shape index (κ1) is 22.0. The van der Waals surface area contributed by atoms with Gasteiger partial charge in [-0.25, -0.2) is 4.79 Å². The van der Waals surface area contributed by atoms with Gasteiger partial charge in [-0.3, -0.25) is 0 Å². The van der Waals surface area contributed by atoms with Crippen LogP contribution in [0.1, 0.15) is 6.92 Å². The van der Waals surface area contributed by atoms with Gasteiger partial charge in [-0.2, -0.15) is 0 Å². The average Bonchev–Trinajstić information content (AvgIpc) is 2.32. The van der Waals surface area contributed by atoms with Gasteiger partial charge < -0.3 is 18.0 Å². The highest BCUT2D eigenvalue weighted by Crippen LogP contribution is 2.31. The van der Waals surface area contributed by atoms with E-state index in [1.165, 1.54) is 0 Å². The van der Waals surface area contributed by atoms with E-state index in [2.05, 4.69) is 65.8 Å². The predicted octanol–water partition coefficient (Wildman–Crippen LogP) is 3.84. The highest BCUT2D eigenvalue weighted by Gasteiger charge is 2.48. The van der Waals surface area contributed by atoms with Crippen molar-refractivity contribution in [2.24, 2.45) is 5.92 Å². The minimum absolute atomic E-state index is 0.0483. The Balaban J connectivity index is 2.98. The van der Waals surface area contributed by atoms with E-state index in [9.17, 15) is 4.79 Å². The molecular weight excluding hydrogens is 356 g/mol. The molecule has 0 amide bonds. The van der Waals surface area contributed by atoms with E-state index in [1.54, 1.807) is 0 Å². The second-order valence-corrected chi connectivity index (χ2v) is 23.0. The van der Waals surface area contributed by atoms with Gasteiger partial charge >= 0.3 is 5.97 Å². The smallest absolute Gasteiger partial charge is 0.337 e. The summed E-state index contributed by atoms with van der Waals surface area (Å²) in [7, 11) is -5.38. The molecule has 0 aromatic rings. The predicted molar refractivity (Wildman–Crippen MR) is 105 cm³/mol. The van der Waals surface area contributed by atoms with Gasteiger partial charge in [0.2, 0.25) is 0 Å². The van der Waals surface area contributed by atoms with Crippen LogP contribution < -0.4 is 0 Å². The van der Waals surface area contributed by atoms with Crippen LogP contribution in [0, 0.1) is 5.92 Å². The molecule has 1 rings (SSSR count). The molecule has 1 fully saturated rings. The third kappa shape index (κ3) is 7.49. The monoisotopic (exact) mass is 392 g/mol. The molecule has 24 heavy (non-hydrogen) atoms. The van der Waals surface area contributed by atoms with Crippen LogP contribution in [0.2, 0.25) is 58.9 Å². The Hall–Kier alpha value is 0.000649. The molecule has 0 bridgehead atoms. The average molecular weight is 393 g/mol. The van der Waals surface area contributed by atoms with Crippen LogP contribution in [-0.2, 0) is 22.8 Å². The van der Waals surface area contributed by atoms with Gasteiger partial charge in [0.15, 0.2) is 31.1 Å². The zero-order valence-electron chi connectivity index (χ0n) is 17.1. The molecule has 8 heteroatoms. The molecule has 0 saturated carbocycles. The lowest BCUT2D eigenvalue weighted by Gasteiger charge is -2.44. The molecule has 1 aliphatic rings. The fraction of sp³-hybridized carbons (Fsp3) is 0.938. The molecule has 5 nitrogen and oxygen atoms in total. The first-order valence-corrected chi connectivity index (χ1v) is 19.0. The van der Waals surface area contributed by atoms with Gasteiger partial charge in [-0.15, -0.1) is 0 Å². The first-order chi connectivity index (χ1) is 10.6. The first-order valence-electron chi connectivity index (χ1n) is 8.79. The second kappa shape index (κ2) is 7.71. The summed E-state index contributed by atoms with van der Waals surface area (Å²) >= 11 is 0. The summed E-state index contributed by atoms with van der Waals surface area (Å²) in [6.45, 7) is 21.6. The van der Waals surface area contributed by atoms with Gasteiger partial charge in [-0.1, -0.05) is 6.92 Å². The van der Waals surface area contributed by atoms with Crippen LogP contribution in [0.15, 0.2) is 0 Å². The molecular formula is C16H36O5Si3. The highest BCUT2D eigenvalue weighted by molar-refractivity contribution is 6.70. The van der Waals surface area contributed by atoms with Crippen LogP contribution in [0.5, 0.6) is 0 Å². The van der Waals surface area contributed by atoms with E-state index in [0.717, 1.165) is 0 Å². The van der Waals surface area contributed by atoms with E-state index in [1.807, 2.05) is 0 Å². The minimum Gasteiger partial charge on any atom is -0.458 e. The molecule has 3 unspecified atom stereocenters. The highest BCUT2D eigenvalue weighted by atomic mass is 28.4. The van der Waals surface area contributed by atoms with Crippen molar-refractivity contribution in [3.63, 3.8) is 0 Å². The number of carbonyl (C=O) groups excluding carboxylic acids is 1. The number of rotatable bonds is 7. The van der Waals surface area contributed by atoms with Crippen molar-refractivity contribution in [3.05, 3.63) is 0 Å². The van der Waals surface area contributed by atoms with Gasteiger partial charge in [0.25, 0.3) is 0 Å². The summed E-state index contributed by atoms with van der Waals surface area (Å²) in [5, 5.41) is 0. The van der Waals surface area contributed by atoms with Crippen molar-refractivity contribution in [3.8, 4) is 0 Å². The summed E-state index contributed by atoms with van der Waals surface area (Å²) in [4.78, 5) is 12.6. The standard InChI is InChI=1S/C16H36O5Si3/c1-12-13(11-18-22(2,3)4)19-16(17)15(21-24(8,9)10)14(12)20-23(5,6)7/h12-15H,11H2,1-10H3/t12?,13?,14?,15-/m1/s1. The number of hydrogen-bond donors (Lipinski definition) is 0. The molecule has 0 radical (unpaired) electrons. The van der Waals surface area contributed by atoms with Gasteiger partial charge in [0, 0.05) is 5.92 Å². The molecule has 4 atom stereocenters. The summed E-state index contributed by atoms with van der Waals surface area (Å²) in [6, 6.07) is 0. The van der Waals surface area contributed by atoms with E-state index in [4.69, 9.17) is 18.0 Å². The van der Waals surface area contributed by atoms with Crippen LogP contribution in [0.25, 0.3) is 0 Å². The molecule has 1 saturated heterocycles. The third-order valence-corrected chi connectivity index (χ3v) is 6.53. The Morgan fingerprint density at radius 3 is 1.79 bits per heavy atom. The van der Waals surface area contributed by atoms with E-state index >= 15 is 0 Å². The van der Waals surface area contributed by atoms with Crippen molar-refractivity contribution in [2.45, 2.75) is 84.2 Å². The number of hydrogen-bond acceptors (Lipinski definition) is 5. The van der Waals surface area contributed by atoms with Crippen LogP contribution in [0.3, 0.4) is 0 Å². The van der Waals surface area contributed by atoms with Crippen molar-refractivity contribution in [2.75, 3.05) is 6.61 Å². The lowest BCUT2D eigenvalue weighted by atomic mass is 9.91. The zero-order valence-corrected chi connectivity index (χ0v) is 20.1. The number of cyclic esters (lactones) is 1. The van der Waals surface area contributed by atoms with Crippen molar-refractivity contribution in [1.82, 2.24) is 0 Å². The molecule has 0 aromatic carbocycles. The zero-order chi connectivity index (χ0) is 18.9. The Kier molecular flexibility index (Phi) is 7.08. The normalized spacial score (nSPS) is 29.5. The van der Waals surface area contributed by atoms with Crippen LogP contribution >= 0.6 is 0 Å². The van der Waals surface area contributed by atoms with E-state index < -0.39 is 31.1 Å². The SMILES string of the molecule is CC1C(CO[Si](C)(C)C)OC(=O)[C@H](O[Si](C)(C)C)C1O[Si](C)(C)C. The summed E-state index contributed by atoms with van der Waals surface area (Å²) in [6.07, 6.45) is -1.16. The molecule has 0 aromatic heterocycles. The molecule has 142 valence electrons. The molecule has 0 N–H and O–H groups in total. The lowest BCUT2D eigenvalue weighted by Crippen LogP contribution is -2.59. The van der Waals surface area contributed by atoms with Crippen molar-refractivity contribution < 1.29 is 22.8 Å². The second-order valence-electron chi connectivity index (χ2n) is 9.60. The number of esters is 1. The van der Waals surface area contributed by atoms with Crippen molar-refractivity contribution >= 4 is 30.9 Å². The van der Waals surface area contributed by atoms with Crippen molar-refractivity contribution in [1.29, 1.82) is 0 Å². The Morgan fingerprint density at radius 2 is 1.38 bits per heavy atom. The molecule has 0 aliphatic carbocycles. The van der Waals surface area contributed by atoms with E-state index in [0.29, 0.717) is 6.61 Å². The quantitative estimate of drug-likeness (QED) is 0.487. The topological polar surface area (TPSA) is 54.0 Å². The van der Waals surface area contributed by atoms with Crippen LogP contribution in [-0.4, -0.2) is 55.8 Å².